The molecule has 6 rings (SSSR count). The van der Waals surface area contributed by atoms with Crippen LogP contribution in [0.4, 0.5) is 4.39 Å². The van der Waals surface area contributed by atoms with Crippen LogP contribution in [0.15, 0.2) is 36.4 Å². The molecule has 2 bridgehead atoms. The Morgan fingerprint density at radius 1 is 1.17 bits per heavy atom. The van der Waals surface area contributed by atoms with E-state index in [2.05, 4.69) is 20.4 Å². The highest BCUT2D eigenvalue weighted by atomic mass is 19.1. The van der Waals surface area contributed by atoms with Gasteiger partial charge in [-0.2, -0.15) is 0 Å². The minimum Gasteiger partial charge on any atom is -0.461 e. The number of halogens is 1. The Hall–Kier alpha value is -2.58. The van der Waals surface area contributed by atoms with E-state index in [1.807, 2.05) is 0 Å². The van der Waals surface area contributed by atoms with Gasteiger partial charge in [0.1, 0.15) is 18.0 Å². The number of hydrogen-bond donors (Lipinski definition) is 1. The van der Waals surface area contributed by atoms with Gasteiger partial charge in [0.05, 0.1) is 12.2 Å². The minimum atomic E-state index is -1.73. The molecule has 186 valence electrons. The van der Waals surface area contributed by atoms with Crippen molar-refractivity contribution in [3.8, 4) is 0 Å². The van der Waals surface area contributed by atoms with Gasteiger partial charge in [-0.3, -0.25) is 9.59 Å². The van der Waals surface area contributed by atoms with Crippen molar-refractivity contribution in [1.82, 2.24) is 0 Å². The number of carbonyl (C=O) groups is 3. The monoisotopic (exact) mass is 484 g/mol. The zero-order valence-electron chi connectivity index (χ0n) is 19.8. The number of carbonyl (C=O) groups excluding carboxylic acids is 3. The number of esters is 2. The summed E-state index contributed by atoms with van der Waals surface area (Å²) in [4.78, 5) is 40.8. The Balaban J connectivity index is 1.48. The smallest absolute Gasteiger partial charge is 0.338 e. The molecule has 1 N–H and O–H groups in total. The SMILES string of the molecule is C=C1C(=O)[C@@]23C(=O)O[C@H]4CCC(C)(C)[C@H]5[C@H](O)OC[C@@]45[C@@H]2CC[C@@H]1[C@H]3OC(=O)c1ccc(F)cc1. The van der Waals surface area contributed by atoms with Crippen LogP contribution in [0.1, 0.15) is 49.9 Å². The number of aliphatic hydroxyl groups excluding tert-OH is 1. The van der Waals surface area contributed by atoms with Gasteiger partial charge in [-0.15, -0.1) is 0 Å². The molecule has 0 unspecified atom stereocenters. The third kappa shape index (κ3) is 2.70. The van der Waals surface area contributed by atoms with E-state index in [1.165, 1.54) is 12.1 Å². The van der Waals surface area contributed by atoms with Crippen LogP contribution in [-0.2, 0) is 23.8 Å². The van der Waals surface area contributed by atoms with Crippen LogP contribution >= 0.6 is 0 Å². The molecule has 35 heavy (non-hydrogen) atoms. The van der Waals surface area contributed by atoms with Gasteiger partial charge in [0.15, 0.2) is 17.5 Å². The topological polar surface area (TPSA) is 99.1 Å². The number of rotatable bonds is 2. The van der Waals surface area contributed by atoms with Gasteiger partial charge in [0.2, 0.25) is 0 Å². The number of hydrogen-bond acceptors (Lipinski definition) is 7. The van der Waals surface area contributed by atoms with Crippen LogP contribution in [0.3, 0.4) is 0 Å². The molecule has 5 aliphatic rings. The summed E-state index contributed by atoms with van der Waals surface area (Å²) < 4.78 is 31.2. The van der Waals surface area contributed by atoms with Gasteiger partial charge in [0, 0.05) is 17.3 Å². The van der Waals surface area contributed by atoms with Crippen molar-refractivity contribution < 1.29 is 38.1 Å². The van der Waals surface area contributed by atoms with Crippen LogP contribution in [-0.4, -0.2) is 47.9 Å². The number of fused-ring (bicyclic) bond motifs is 1. The molecule has 0 aromatic heterocycles. The van der Waals surface area contributed by atoms with E-state index in [-0.39, 0.29) is 29.1 Å². The lowest BCUT2D eigenvalue weighted by Crippen LogP contribution is -2.71. The largest absolute Gasteiger partial charge is 0.461 e. The second-order valence-electron chi connectivity index (χ2n) is 11.5. The predicted molar refractivity (Wildman–Crippen MR) is 119 cm³/mol. The van der Waals surface area contributed by atoms with E-state index < -0.39 is 64.7 Å². The summed E-state index contributed by atoms with van der Waals surface area (Å²) in [7, 11) is 0. The predicted octanol–water partition coefficient (Wildman–Crippen LogP) is 3.20. The number of ketones is 1. The summed E-state index contributed by atoms with van der Waals surface area (Å²) >= 11 is 0. The number of Topliss-reactive ketones (excluding diaryl/α,β-unsaturated/α-hetero) is 1. The molecule has 2 saturated heterocycles. The first-order valence-electron chi connectivity index (χ1n) is 12.3. The number of ether oxygens (including phenoxy) is 3. The van der Waals surface area contributed by atoms with E-state index in [1.54, 1.807) is 0 Å². The number of benzene rings is 1. The van der Waals surface area contributed by atoms with Gasteiger partial charge in [-0.1, -0.05) is 20.4 Å². The second-order valence-corrected chi connectivity index (χ2v) is 11.5. The first-order chi connectivity index (χ1) is 16.5. The molecule has 0 radical (unpaired) electrons. The van der Waals surface area contributed by atoms with Gasteiger partial charge in [-0.25, -0.2) is 9.18 Å². The summed E-state index contributed by atoms with van der Waals surface area (Å²) in [5.74, 6) is -3.74. The van der Waals surface area contributed by atoms with Crippen molar-refractivity contribution in [2.45, 2.75) is 58.0 Å². The van der Waals surface area contributed by atoms with Crippen molar-refractivity contribution in [3.63, 3.8) is 0 Å². The zero-order chi connectivity index (χ0) is 24.9. The third-order valence-electron chi connectivity index (χ3n) is 9.66. The van der Waals surface area contributed by atoms with E-state index in [9.17, 15) is 23.9 Å². The quantitative estimate of drug-likeness (QED) is 0.391. The van der Waals surface area contributed by atoms with Crippen molar-refractivity contribution >= 4 is 17.7 Å². The Labute approximate surface area is 202 Å². The normalized spacial score (nSPS) is 43.1. The first kappa shape index (κ1) is 22.9. The third-order valence-corrected chi connectivity index (χ3v) is 9.66. The lowest BCUT2D eigenvalue weighted by Gasteiger charge is -2.62. The molecule has 8 atom stereocenters. The molecule has 3 saturated carbocycles. The molecular weight excluding hydrogens is 455 g/mol. The fraction of sp³-hybridized carbons (Fsp3) is 0.593. The van der Waals surface area contributed by atoms with Crippen LogP contribution in [0.2, 0.25) is 0 Å². The maximum absolute atomic E-state index is 13.9. The average molecular weight is 485 g/mol. The molecule has 3 aliphatic carbocycles. The summed E-state index contributed by atoms with van der Waals surface area (Å²) in [6.07, 6.45) is -0.213. The minimum absolute atomic E-state index is 0.124. The summed E-state index contributed by atoms with van der Waals surface area (Å²) in [6.45, 7) is 8.30. The van der Waals surface area contributed by atoms with Gasteiger partial charge in [-0.05, 0) is 66.9 Å². The lowest BCUT2D eigenvalue weighted by molar-refractivity contribution is -0.249. The maximum Gasteiger partial charge on any atom is 0.338 e. The Morgan fingerprint density at radius 2 is 1.89 bits per heavy atom. The molecule has 2 aliphatic heterocycles. The highest BCUT2D eigenvalue weighted by molar-refractivity contribution is 6.16. The average Bonchev–Trinajstić information content (AvgIpc) is 3.23. The molecule has 1 aromatic carbocycles. The fourth-order valence-corrected chi connectivity index (χ4v) is 8.26. The second kappa shape index (κ2) is 7.23. The van der Waals surface area contributed by atoms with Crippen LogP contribution in [0.25, 0.3) is 0 Å². The molecular formula is C27H29FO7. The highest BCUT2D eigenvalue weighted by Gasteiger charge is 2.81. The standard InChI is InChI=1S/C27H29FO7/c1-13-16-8-9-17-26-12-33-23(31)19(26)25(2,3)11-10-18(26)34-24(32)27(17,20(13)29)21(16)35-22(30)14-4-6-15(28)7-5-14/h4-7,16-19,21,23,31H,1,8-12H2,2-3H3/t16-,17-,18-,19+,21+,23+,26+,27-/m0/s1. The molecule has 7 nitrogen and oxygen atoms in total. The van der Waals surface area contributed by atoms with Crippen molar-refractivity contribution in [1.29, 1.82) is 0 Å². The van der Waals surface area contributed by atoms with Gasteiger partial charge < -0.3 is 19.3 Å². The zero-order valence-corrected chi connectivity index (χ0v) is 19.8. The fourth-order valence-electron chi connectivity index (χ4n) is 8.26. The van der Waals surface area contributed by atoms with Crippen LogP contribution < -0.4 is 0 Å². The summed E-state index contributed by atoms with van der Waals surface area (Å²) in [5.41, 5.74) is -2.43. The molecule has 5 fully saturated rings. The summed E-state index contributed by atoms with van der Waals surface area (Å²) in [6, 6.07) is 4.93. The molecule has 8 heteroatoms. The van der Waals surface area contributed by atoms with Gasteiger partial charge in [0.25, 0.3) is 0 Å². The number of aliphatic hydroxyl groups is 1. The van der Waals surface area contributed by atoms with Crippen molar-refractivity contribution in [3.05, 3.63) is 47.8 Å². The van der Waals surface area contributed by atoms with Crippen LogP contribution in [0.5, 0.6) is 0 Å². The molecule has 1 aromatic rings. The molecule has 2 heterocycles. The van der Waals surface area contributed by atoms with E-state index in [0.29, 0.717) is 19.3 Å². The van der Waals surface area contributed by atoms with E-state index >= 15 is 0 Å². The van der Waals surface area contributed by atoms with Crippen molar-refractivity contribution in [2.24, 2.45) is 34.0 Å². The Bertz CT molecular complexity index is 1140. The summed E-state index contributed by atoms with van der Waals surface area (Å²) in [5, 5.41) is 10.9. The highest BCUT2D eigenvalue weighted by Crippen LogP contribution is 2.71. The maximum atomic E-state index is 13.9. The van der Waals surface area contributed by atoms with Gasteiger partial charge >= 0.3 is 11.9 Å². The van der Waals surface area contributed by atoms with Crippen molar-refractivity contribution in [2.75, 3.05) is 6.61 Å². The Morgan fingerprint density at radius 3 is 2.60 bits per heavy atom. The lowest BCUT2D eigenvalue weighted by atomic mass is 9.43. The van der Waals surface area contributed by atoms with Crippen LogP contribution in [0, 0.1) is 39.8 Å². The molecule has 2 spiro atoms. The van der Waals surface area contributed by atoms with E-state index in [0.717, 1.165) is 18.6 Å². The van der Waals surface area contributed by atoms with E-state index in [4.69, 9.17) is 14.2 Å². The Kier molecular flexibility index (Phi) is 4.72. The molecule has 0 amide bonds. The first-order valence-corrected chi connectivity index (χ1v) is 12.3.